The average Bonchev–Trinajstić information content (AvgIpc) is 2.94. The molecule has 0 saturated heterocycles. The Kier molecular flexibility index (Phi) is 3.78. The molecule has 0 unspecified atom stereocenters. The van der Waals surface area contributed by atoms with Crippen molar-refractivity contribution in [1.82, 2.24) is 9.38 Å². The molecule has 1 aliphatic carbocycles. The van der Waals surface area contributed by atoms with Gasteiger partial charge in [0, 0.05) is 17.8 Å². The van der Waals surface area contributed by atoms with Gasteiger partial charge in [0.05, 0.1) is 0 Å². The van der Waals surface area contributed by atoms with Crippen molar-refractivity contribution in [2.45, 2.75) is 45.1 Å². The van der Waals surface area contributed by atoms with Crippen LogP contribution in [0.2, 0.25) is 0 Å². The molecule has 1 aromatic carbocycles. The third kappa shape index (κ3) is 2.83. The maximum atomic E-state index is 4.91. The number of hydrogen-bond acceptors (Lipinski definition) is 2. The fourth-order valence-electron chi connectivity index (χ4n) is 3.52. The van der Waals surface area contributed by atoms with E-state index in [9.17, 15) is 0 Å². The normalized spacial score (nSPS) is 15.9. The minimum Gasteiger partial charge on any atom is -0.367 e. The third-order valence-electron chi connectivity index (χ3n) is 4.77. The van der Waals surface area contributed by atoms with Gasteiger partial charge in [0.1, 0.15) is 17.2 Å². The molecule has 118 valence electrons. The summed E-state index contributed by atoms with van der Waals surface area (Å²) in [5.41, 5.74) is 4.49. The number of benzene rings is 1. The standard InChI is InChI=1S/C20H23N3/c1-15-12-13-23-18(14-15)22-19(16-8-4-2-5-9-16)20(23)21-17-10-6-3-7-11-17/h2,4-5,8-9,12-14,17,21H,3,6-7,10-11H2,1H3. The summed E-state index contributed by atoms with van der Waals surface area (Å²) in [4.78, 5) is 4.91. The lowest BCUT2D eigenvalue weighted by atomic mass is 9.95. The second-order valence-electron chi connectivity index (χ2n) is 6.59. The Morgan fingerprint density at radius 2 is 1.83 bits per heavy atom. The number of hydrogen-bond donors (Lipinski definition) is 1. The molecule has 0 spiro atoms. The minimum absolute atomic E-state index is 0.562. The van der Waals surface area contributed by atoms with Gasteiger partial charge < -0.3 is 5.32 Å². The van der Waals surface area contributed by atoms with E-state index in [1.54, 1.807) is 0 Å². The van der Waals surface area contributed by atoms with Crippen LogP contribution in [-0.2, 0) is 0 Å². The molecule has 0 radical (unpaired) electrons. The van der Waals surface area contributed by atoms with Crippen molar-refractivity contribution in [2.75, 3.05) is 5.32 Å². The highest BCUT2D eigenvalue weighted by atomic mass is 15.1. The molecule has 0 aliphatic heterocycles. The molecule has 4 rings (SSSR count). The van der Waals surface area contributed by atoms with Gasteiger partial charge in [-0.1, -0.05) is 49.6 Å². The van der Waals surface area contributed by atoms with Gasteiger partial charge in [-0.2, -0.15) is 0 Å². The van der Waals surface area contributed by atoms with Crippen LogP contribution in [0.4, 0.5) is 5.82 Å². The molecular formula is C20H23N3. The zero-order valence-electron chi connectivity index (χ0n) is 13.6. The lowest BCUT2D eigenvalue weighted by molar-refractivity contribution is 0.462. The van der Waals surface area contributed by atoms with Gasteiger partial charge in [0.15, 0.2) is 0 Å². The molecule has 1 N–H and O–H groups in total. The first-order chi connectivity index (χ1) is 11.3. The zero-order valence-corrected chi connectivity index (χ0v) is 13.6. The Labute approximate surface area is 137 Å². The molecule has 1 fully saturated rings. The fourth-order valence-corrected chi connectivity index (χ4v) is 3.52. The second kappa shape index (κ2) is 6.07. The molecule has 2 aromatic heterocycles. The highest BCUT2D eigenvalue weighted by molar-refractivity contribution is 5.76. The van der Waals surface area contributed by atoms with Gasteiger partial charge in [-0.3, -0.25) is 4.40 Å². The van der Waals surface area contributed by atoms with Gasteiger partial charge in [-0.25, -0.2) is 4.98 Å². The molecule has 3 nitrogen and oxygen atoms in total. The summed E-state index contributed by atoms with van der Waals surface area (Å²) in [6, 6.07) is 15.4. The van der Waals surface area contributed by atoms with Gasteiger partial charge in [-0.05, 0) is 37.5 Å². The smallest absolute Gasteiger partial charge is 0.139 e. The average molecular weight is 305 g/mol. The van der Waals surface area contributed by atoms with Crippen molar-refractivity contribution in [2.24, 2.45) is 0 Å². The Morgan fingerprint density at radius 1 is 1.04 bits per heavy atom. The fraction of sp³-hybridized carbons (Fsp3) is 0.350. The Hall–Kier alpha value is -2.29. The second-order valence-corrected chi connectivity index (χ2v) is 6.59. The predicted octanol–water partition coefficient (Wildman–Crippen LogP) is 5.05. The summed E-state index contributed by atoms with van der Waals surface area (Å²) in [6.07, 6.45) is 8.67. The molecule has 1 aliphatic rings. The van der Waals surface area contributed by atoms with Crippen LogP contribution in [0.3, 0.4) is 0 Å². The van der Waals surface area contributed by atoms with Crippen LogP contribution in [-0.4, -0.2) is 15.4 Å². The Morgan fingerprint density at radius 3 is 2.61 bits per heavy atom. The summed E-state index contributed by atoms with van der Waals surface area (Å²) in [5, 5.41) is 3.79. The van der Waals surface area contributed by atoms with Crippen molar-refractivity contribution in [3.63, 3.8) is 0 Å². The van der Waals surface area contributed by atoms with Gasteiger partial charge in [-0.15, -0.1) is 0 Å². The molecule has 3 heteroatoms. The molecule has 3 aromatic rings. The topological polar surface area (TPSA) is 29.3 Å². The number of aryl methyl sites for hydroxylation is 1. The van der Waals surface area contributed by atoms with Crippen LogP contribution < -0.4 is 5.32 Å². The van der Waals surface area contributed by atoms with Crippen molar-refractivity contribution in [1.29, 1.82) is 0 Å². The van der Waals surface area contributed by atoms with Crippen LogP contribution in [0.5, 0.6) is 0 Å². The van der Waals surface area contributed by atoms with E-state index in [0.717, 1.165) is 17.2 Å². The monoisotopic (exact) mass is 305 g/mol. The molecule has 2 heterocycles. The highest BCUT2D eigenvalue weighted by Crippen LogP contribution is 2.31. The predicted molar refractivity (Wildman–Crippen MR) is 95.9 cm³/mol. The van der Waals surface area contributed by atoms with Crippen LogP contribution in [0.1, 0.15) is 37.7 Å². The molecular weight excluding hydrogens is 282 g/mol. The van der Waals surface area contributed by atoms with Crippen molar-refractivity contribution >= 4 is 11.5 Å². The minimum atomic E-state index is 0.562. The van der Waals surface area contributed by atoms with E-state index in [0.29, 0.717) is 6.04 Å². The third-order valence-corrected chi connectivity index (χ3v) is 4.77. The van der Waals surface area contributed by atoms with E-state index < -0.39 is 0 Å². The lowest BCUT2D eigenvalue weighted by Gasteiger charge is -2.24. The van der Waals surface area contributed by atoms with E-state index >= 15 is 0 Å². The summed E-state index contributed by atoms with van der Waals surface area (Å²) >= 11 is 0. The maximum Gasteiger partial charge on any atom is 0.139 e. The van der Waals surface area contributed by atoms with Gasteiger partial charge in [0.25, 0.3) is 0 Å². The number of fused-ring (bicyclic) bond motifs is 1. The first-order valence-electron chi connectivity index (χ1n) is 8.62. The largest absolute Gasteiger partial charge is 0.367 e. The number of pyridine rings is 1. The van der Waals surface area contributed by atoms with Gasteiger partial charge >= 0.3 is 0 Å². The van der Waals surface area contributed by atoms with Crippen LogP contribution in [0.15, 0.2) is 48.7 Å². The van der Waals surface area contributed by atoms with Crippen molar-refractivity contribution < 1.29 is 0 Å². The zero-order chi connectivity index (χ0) is 15.6. The Balaban J connectivity index is 1.81. The number of nitrogens with one attached hydrogen (secondary N) is 1. The van der Waals surface area contributed by atoms with E-state index in [2.05, 4.69) is 65.3 Å². The summed E-state index contributed by atoms with van der Waals surface area (Å²) in [6.45, 7) is 2.12. The number of imidazole rings is 1. The highest BCUT2D eigenvalue weighted by Gasteiger charge is 2.19. The summed E-state index contributed by atoms with van der Waals surface area (Å²) in [7, 11) is 0. The van der Waals surface area contributed by atoms with E-state index in [-0.39, 0.29) is 0 Å². The quantitative estimate of drug-likeness (QED) is 0.733. The number of anilines is 1. The van der Waals surface area contributed by atoms with Crippen LogP contribution >= 0.6 is 0 Å². The Bertz CT molecular complexity index is 798. The van der Waals surface area contributed by atoms with E-state index in [1.165, 1.54) is 43.2 Å². The molecule has 23 heavy (non-hydrogen) atoms. The maximum absolute atomic E-state index is 4.91. The lowest BCUT2D eigenvalue weighted by Crippen LogP contribution is -2.23. The summed E-state index contributed by atoms with van der Waals surface area (Å²) in [5.74, 6) is 1.14. The van der Waals surface area contributed by atoms with Crippen molar-refractivity contribution in [3.05, 3.63) is 54.2 Å². The number of nitrogens with zero attached hydrogens (tertiary/aromatic N) is 2. The molecule has 0 bridgehead atoms. The van der Waals surface area contributed by atoms with Crippen molar-refractivity contribution in [3.8, 4) is 11.3 Å². The van der Waals surface area contributed by atoms with E-state index in [1.807, 2.05) is 0 Å². The van der Waals surface area contributed by atoms with Gasteiger partial charge in [0.2, 0.25) is 0 Å². The SMILES string of the molecule is Cc1ccn2c(NC3CCCCC3)c(-c3ccccc3)nc2c1. The molecule has 0 amide bonds. The van der Waals surface area contributed by atoms with Crippen LogP contribution in [0.25, 0.3) is 16.9 Å². The molecule has 1 saturated carbocycles. The van der Waals surface area contributed by atoms with Crippen LogP contribution in [0, 0.1) is 6.92 Å². The first kappa shape index (κ1) is 14.3. The number of aromatic nitrogens is 2. The first-order valence-corrected chi connectivity index (χ1v) is 8.62. The molecule has 0 atom stereocenters. The number of rotatable bonds is 3. The van der Waals surface area contributed by atoms with E-state index in [4.69, 9.17) is 4.98 Å². The summed E-state index contributed by atoms with van der Waals surface area (Å²) < 4.78 is 2.20.